The molecule has 0 radical (unpaired) electrons. The summed E-state index contributed by atoms with van der Waals surface area (Å²) in [6, 6.07) is 10.4. The molecule has 1 aliphatic heterocycles. The Bertz CT molecular complexity index is 1020. The van der Waals surface area contributed by atoms with Crippen molar-refractivity contribution in [3.63, 3.8) is 0 Å². The van der Waals surface area contributed by atoms with E-state index in [1.165, 1.54) is 6.08 Å². The van der Waals surface area contributed by atoms with Crippen molar-refractivity contribution in [2.45, 2.75) is 38.1 Å². The average molecular weight is 512 g/mol. The van der Waals surface area contributed by atoms with Gasteiger partial charge < -0.3 is 14.2 Å². The van der Waals surface area contributed by atoms with Gasteiger partial charge in [0.1, 0.15) is 17.9 Å². The van der Waals surface area contributed by atoms with Gasteiger partial charge in [0.25, 0.3) is 5.79 Å². The predicted molar refractivity (Wildman–Crippen MR) is 116 cm³/mol. The monoisotopic (exact) mass is 510 g/mol. The molecule has 30 heavy (non-hydrogen) atoms. The van der Waals surface area contributed by atoms with Crippen molar-refractivity contribution < 1.29 is 23.8 Å². The minimum Gasteiger partial charge on any atom is -0.488 e. The number of halogens is 3. The summed E-state index contributed by atoms with van der Waals surface area (Å²) in [5, 5.41) is 1.08. The Labute approximate surface area is 192 Å². The molecular formula is C22H17BrCl2O5. The van der Waals surface area contributed by atoms with Gasteiger partial charge in [-0.2, -0.15) is 0 Å². The first-order chi connectivity index (χ1) is 14.3. The maximum absolute atomic E-state index is 12.4. The number of hydrogen-bond acceptors (Lipinski definition) is 5. The third-order valence-electron chi connectivity index (χ3n) is 5.03. The predicted octanol–water partition coefficient (Wildman–Crippen LogP) is 6.09. The standard InChI is InChI=1S/C22H17BrCl2O5/c23-17-10-13(3-6-19(17)28-12-14-4-5-15(24)11-18(14)25)9-16-20(26)29-22(30-21(16)27)7-1-2-8-22/h3-6,9-11H,1-2,7-8,12H2. The van der Waals surface area contributed by atoms with Gasteiger partial charge in [-0.1, -0.05) is 35.3 Å². The molecule has 0 unspecified atom stereocenters. The van der Waals surface area contributed by atoms with E-state index in [1.54, 1.807) is 36.4 Å². The summed E-state index contributed by atoms with van der Waals surface area (Å²) in [5.74, 6) is -1.79. The molecule has 2 aromatic carbocycles. The Kier molecular flexibility index (Phi) is 6.09. The Hall–Kier alpha value is -2.02. The highest BCUT2D eigenvalue weighted by Gasteiger charge is 2.47. The second kappa shape index (κ2) is 8.61. The number of carbonyl (C=O) groups excluding carboxylic acids is 2. The molecule has 0 amide bonds. The fraction of sp³-hybridized carbons (Fsp3) is 0.273. The molecule has 2 aliphatic rings. The van der Waals surface area contributed by atoms with Crippen LogP contribution in [0.15, 0.2) is 46.4 Å². The number of carbonyl (C=O) groups is 2. The van der Waals surface area contributed by atoms with Crippen LogP contribution in [0, 0.1) is 0 Å². The highest BCUT2D eigenvalue weighted by atomic mass is 79.9. The smallest absolute Gasteiger partial charge is 0.348 e. The molecule has 2 fully saturated rings. The average Bonchev–Trinajstić information content (AvgIpc) is 3.12. The maximum Gasteiger partial charge on any atom is 0.348 e. The first-order valence-corrected chi connectivity index (χ1v) is 10.9. The quantitative estimate of drug-likeness (QED) is 0.282. The Morgan fingerprint density at radius 3 is 2.37 bits per heavy atom. The van der Waals surface area contributed by atoms with Crippen LogP contribution in [-0.4, -0.2) is 17.7 Å². The molecule has 0 bridgehead atoms. The van der Waals surface area contributed by atoms with Crippen molar-refractivity contribution in [3.05, 3.63) is 67.6 Å². The molecular weight excluding hydrogens is 495 g/mol. The van der Waals surface area contributed by atoms with Crippen LogP contribution in [0.2, 0.25) is 10.0 Å². The van der Waals surface area contributed by atoms with E-state index in [9.17, 15) is 9.59 Å². The number of esters is 2. The van der Waals surface area contributed by atoms with E-state index >= 15 is 0 Å². The van der Waals surface area contributed by atoms with Gasteiger partial charge in [0, 0.05) is 28.5 Å². The Morgan fingerprint density at radius 2 is 1.73 bits per heavy atom. The zero-order valence-electron chi connectivity index (χ0n) is 15.8. The van der Waals surface area contributed by atoms with Gasteiger partial charge in [0.15, 0.2) is 0 Å². The molecule has 156 valence electrons. The third kappa shape index (κ3) is 4.51. The van der Waals surface area contributed by atoms with Crippen molar-refractivity contribution in [1.29, 1.82) is 0 Å². The van der Waals surface area contributed by atoms with Gasteiger partial charge >= 0.3 is 11.9 Å². The minimum atomic E-state index is -1.08. The first-order valence-electron chi connectivity index (χ1n) is 9.40. The summed E-state index contributed by atoms with van der Waals surface area (Å²) < 4.78 is 17.4. The van der Waals surface area contributed by atoms with Gasteiger partial charge in [-0.05, 0) is 64.7 Å². The van der Waals surface area contributed by atoms with E-state index in [1.807, 2.05) is 0 Å². The lowest BCUT2D eigenvalue weighted by Gasteiger charge is -2.32. The van der Waals surface area contributed by atoms with E-state index in [4.69, 9.17) is 37.4 Å². The molecule has 0 aromatic heterocycles. The molecule has 0 atom stereocenters. The van der Waals surface area contributed by atoms with Gasteiger partial charge in [-0.25, -0.2) is 9.59 Å². The van der Waals surface area contributed by atoms with Crippen LogP contribution in [0.25, 0.3) is 6.08 Å². The summed E-state index contributed by atoms with van der Waals surface area (Å²) in [6.45, 7) is 0.260. The molecule has 1 aliphatic carbocycles. The molecule has 8 heteroatoms. The lowest BCUT2D eigenvalue weighted by molar-refractivity contribution is -0.232. The molecule has 1 spiro atoms. The van der Waals surface area contributed by atoms with Crippen molar-refractivity contribution in [2.75, 3.05) is 0 Å². The molecule has 1 heterocycles. The van der Waals surface area contributed by atoms with Crippen LogP contribution in [0.4, 0.5) is 0 Å². The highest BCUT2D eigenvalue weighted by molar-refractivity contribution is 9.10. The number of benzene rings is 2. The summed E-state index contributed by atoms with van der Waals surface area (Å²) >= 11 is 15.5. The molecule has 0 N–H and O–H groups in total. The van der Waals surface area contributed by atoms with Crippen molar-refractivity contribution in [1.82, 2.24) is 0 Å². The SMILES string of the molecule is O=C1OC2(CCCC2)OC(=O)C1=Cc1ccc(OCc2ccc(Cl)cc2Cl)c(Br)c1. The lowest BCUT2D eigenvalue weighted by Crippen LogP contribution is -2.44. The topological polar surface area (TPSA) is 61.8 Å². The molecule has 1 saturated carbocycles. The Morgan fingerprint density at radius 1 is 1.03 bits per heavy atom. The van der Waals surface area contributed by atoms with E-state index < -0.39 is 17.7 Å². The highest BCUT2D eigenvalue weighted by Crippen LogP contribution is 2.39. The minimum absolute atomic E-state index is 0.124. The lowest BCUT2D eigenvalue weighted by atomic mass is 10.1. The summed E-state index contributed by atoms with van der Waals surface area (Å²) in [6.07, 6.45) is 4.29. The zero-order valence-corrected chi connectivity index (χ0v) is 18.8. The van der Waals surface area contributed by atoms with Crippen molar-refractivity contribution >= 4 is 57.1 Å². The number of ether oxygens (including phenoxy) is 3. The third-order valence-corrected chi connectivity index (χ3v) is 6.23. The van der Waals surface area contributed by atoms with Crippen LogP contribution in [0.5, 0.6) is 5.75 Å². The molecule has 1 saturated heterocycles. The normalized spacial score (nSPS) is 17.6. The molecule has 5 nitrogen and oxygen atoms in total. The van der Waals surface area contributed by atoms with E-state index in [0.717, 1.165) is 18.4 Å². The summed E-state index contributed by atoms with van der Waals surface area (Å²) in [7, 11) is 0. The van der Waals surface area contributed by atoms with E-state index in [0.29, 0.717) is 38.7 Å². The summed E-state index contributed by atoms with van der Waals surface area (Å²) in [5.41, 5.74) is 1.30. The molecule has 4 rings (SSSR count). The van der Waals surface area contributed by atoms with E-state index in [2.05, 4.69) is 15.9 Å². The largest absolute Gasteiger partial charge is 0.488 e. The van der Waals surface area contributed by atoms with Gasteiger partial charge in [-0.15, -0.1) is 0 Å². The van der Waals surface area contributed by atoms with Gasteiger partial charge in [-0.3, -0.25) is 0 Å². The van der Waals surface area contributed by atoms with Crippen LogP contribution in [0.3, 0.4) is 0 Å². The van der Waals surface area contributed by atoms with Gasteiger partial charge in [0.05, 0.1) is 4.47 Å². The van der Waals surface area contributed by atoms with Crippen molar-refractivity contribution in [3.8, 4) is 5.75 Å². The van der Waals surface area contributed by atoms with Gasteiger partial charge in [0.2, 0.25) is 0 Å². The second-order valence-corrected chi connectivity index (χ2v) is 8.87. The van der Waals surface area contributed by atoms with Crippen molar-refractivity contribution in [2.24, 2.45) is 0 Å². The number of rotatable bonds is 4. The van der Waals surface area contributed by atoms with Crippen LogP contribution in [0.1, 0.15) is 36.8 Å². The summed E-state index contributed by atoms with van der Waals surface area (Å²) in [4.78, 5) is 24.8. The fourth-order valence-electron chi connectivity index (χ4n) is 3.47. The fourth-order valence-corrected chi connectivity index (χ4v) is 4.45. The zero-order chi connectivity index (χ0) is 21.3. The number of hydrogen-bond donors (Lipinski definition) is 0. The molecule has 2 aromatic rings. The van der Waals surface area contributed by atoms with E-state index in [-0.39, 0.29) is 12.2 Å². The van der Waals surface area contributed by atoms with Crippen LogP contribution in [-0.2, 0) is 25.7 Å². The second-order valence-electron chi connectivity index (χ2n) is 7.17. The van der Waals surface area contributed by atoms with Crippen LogP contribution < -0.4 is 4.74 Å². The first kappa shape index (κ1) is 21.2. The maximum atomic E-state index is 12.4. The van der Waals surface area contributed by atoms with Crippen LogP contribution >= 0.6 is 39.1 Å². The Balaban J connectivity index is 1.47.